The van der Waals surface area contributed by atoms with Crippen LogP contribution in [0.3, 0.4) is 0 Å². The fourth-order valence-corrected chi connectivity index (χ4v) is 5.54. The molecule has 0 fully saturated rings. The van der Waals surface area contributed by atoms with E-state index < -0.39 is 8.07 Å². The monoisotopic (exact) mass is 186 g/mol. The Hall–Kier alpha value is -0.0831. The first-order valence-corrected chi connectivity index (χ1v) is 7.58. The SMILES string of the molecule is C=C(CCO)[Si](CC)(CC)CC. The van der Waals surface area contributed by atoms with Crippen LogP contribution >= 0.6 is 0 Å². The summed E-state index contributed by atoms with van der Waals surface area (Å²) >= 11 is 0. The number of hydrogen-bond acceptors (Lipinski definition) is 1. The van der Waals surface area contributed by atoms with Crippen molar-refractivity contribution < 1.29 is 5.11 Å². The average molecular weight is 186 g/mol. The van der Waals surface area contributed by atoms with E-state index in [4.69, 9.17) is 5.11 Å². The molecule has 0 saturated heterocycles. The molecule has 0 spiro atoms. The van der Waals surface area contributed by atoms with Crippen LogP contribution in [-0.2, 0) is 0 Å². The number of rotatable bonds is 6. The van der Waals surface area contributed by atoms with Crippen LogP contribution in [0.15, 0.2) is 11.8 Å². The second-order valence-corrected chi connectivity index (χ2v) is 8.81. The first kappa shape index (κ1) is 11.9. The molecule has 0 aromatic carbocycles. The smallest absolute Gasteiger partial charge is 0.0800 e. The van der Waals surface area contributed by atoms with Crippen LogP contribution in [0.1, 0.15) is 27.2 Å². The molecule has 1 N–H and O–H groups in total. The van der Waals surface area contributed by atoms with Crippen molar-refractivity contribution in [2.75, 3.05) is 6.61 Å². The van der Waals surface area contributed by atoms with Crippen molar-refractivity contribution in [3.05, 3.63) is 11.8 Å². The van der Waals surface area contributed by atoms with E-state index in [1.165, 1.54) is 23.3 Å². The third kappa shape index (κ3) is 2.46. The van der Waals surface area contributed by atoms with Gasteiger partial charge >= 0.3 is 0 Å². The summed E-state index contributed by atoms with van der Waals surface area (Å²) < 4.78 is 0. The fourth-order valence-electron chi connectivity index (χ4n) is 1.90. The highest BCUT2D eigenvalue weighted by Gasteiger charge is 2.29. The zero-order valence-electron chi connectivity index (χ0n) is 8.69. The molecule has 0 aliphatic heterocycles. The van der Waals surface area contributed by atoms with E-state index in [2.05, 4.69) is 27.4 Å². The molecule has 0 aliphatic carbocycles. The maximum atomic E-state index is 8.85. The van der Waals surface area contributed by atoms with Gasteiger partial charge in [0.2, 0.25) is 0 Å². The van der Waals surface area contributed by atoms with Crippen LogP contribution in [0.5, 0.6) is 0 Å². The van der Waals surface area contributed by atoms with Crippen molar-refractivity contribution in [2.24, 2.45) is 0 Å². The summed E-state index contributed by atoms with van der Waals surface area (Å²) in [6.07, 6.45) is 0.821. The molecule has 72 valence electrons. The van der Waals surface area contributed by atoms with Gasteiger partial charge in [0.25, 0.3) is 0 Å². The van der Waals surface area contributed by atoms with E-state index in [0.717, 1.165) is 6.42 Å². The lowest BCUT2D eigenvalue weighted by Gasteiger charge is -2.30. The van der Waals surface area contributed by atoms with Crippen molar-refractivity contribution in [1.29, 1.82) is 0 Å². The summed E-state index contributed by atoms with van der Waals surface area (Å²) in [5, 5.41) is 10.2. The summed E-state index contributed by atoms with van der Waals surface area (Å²) in [6, 6.07) is 3.83. The minimum atomic E-state index is -1.20. The maximum Gasteiger partial charge on any atom is 0.0800 e. The Morgan fingerprint density at radius 3 is 1.83 bits per heavy atom. The van der Waals surface area contributed by atoms with Gasteiger partial charge in [0.15, 0.2) is 0 Å². The van der Waals surface area contributed by atoms with E-state index in [1.807, 2.05) is 0 Å². The molecule has 0 atom stereocenters. The Morgan fingerprint density at radius 2 is 1.58 bits per heavy atom. The standard InChI is InChI=1S/C10H22OSi/c1-5-12(6-2,7-3)10(4)8-9-11/h11H,4-9H2,1-3H3. The molecule has 2 heteroatoms. The molecular weight excluding hydrogens is 164 g/mol. The minimum Gasteiger partial charge on any atom is -0.396 e. The Bertz CT molecular complexity index is 131. The minimum absolute atomic E-state index is 0.271. The summed E-state index contributed by atoms with van der Waals surface area (Å²) in [4.78, 5) is 0. The first-order valence-electron chi connectivity index (χ1n) is 4.96. The van der Waals surface area contributed by atoms with Crippen molar-refractivity contribution in [2.45, 2.75) is 45.3 Å². The van der Waals surface area contributed by atoms with Gasteiger partial charge in [0, 0.05) is 6.61 Å². The van der Waals surface area contributed by atoms with E-state index in [1.54, 1.807) is 0 Å². The Kier molecular flexibility index (Phi) is 5.50. The second kappa shape index (κ2) is 5.54. The third-order valence-corrected chi connectivity index (χ3v) is 9.00. The summed E-state index contributed by atoms with van der Waals surface area (Å²) in [5.74, 6) is 0. The van der Waals surface area contributed by atoms with Gasteiger partial charge in [-0.15, -0.1) is 6.58 Å². The lowest BCUT2D eigenvalue weighted by Crippen LogP contribution is -2.34. The molecule has 0 aliphatic rings. The highest BCUT2D eigenvalue weighted by atomic mass is 28.3. The highest BCUT2D eigenvalue weighted by Crippen LogP contribution is 2.28. The maximum absolute atomic E-state index is 8.85. The number of hydrogen-bond donors (Lipinski definition) is 1. The number of aliphatic hydroxyl groups excluding tert-OH is 1. The molecule has 0 radical (unpaired) electrons. The van der Waals surface area contributed by atoms with Crippen molar-refractivity contribution >= 4 is 8.07 Å². The molecule has 1 nitrogen and oxygen atoms in total. The van der Waals surface area contributed by atoms with Crippen LogP contribution in [-0.4, -0.2) is 19.8 Å². The second-order valence-electron chi connectivity index (χ2n) is 3.42. The molecular formula is C10H22OSi. The molecule has 0 aromatic heterocycles. The average Bonchev–Trinajstić information content (AvgIpc) is 2.09. The van der Waals surface area contributed by atoms with E-state index >= 15 is 0 Å². The third-order valence-electron chi connectivity index (χ3n) is 3.19. The van der Waals surface area contributed by atoms with Gasteiger partial charge in [-0.2, -0.15) is 0 Å². The molecule has 0 aromatic rings. The van der Waals surface area contributed by atoms with E-state index in [9.17, 15) is 0 Å². The fraction of sp³-hybridized carbons (Fsp3) is 0.800. The molecule has 0 rings (SSSR count). The molecule has 0 bridgehead atoms. The largest absolute Gasteiger partial charge is 0.396 e. The summed E-state index contributed by atoms with van der Waals surface area (Å²) in [7, 11) is -1.20. The van der Waals surface area contributed by atoms with Crippen LogP contribution in [0.25, 0.3) is 0 Å². The zero-order valence-corrected chi connectivity index (χ0v) is 9.69. The van der Waals surface area contributed by atoms with E-state index in [0.29, 0.717) is 0 Å². The van der Waals surface area contributed by atoms with Crippen LogP contribution < -0.4 is 0 Å². The van der Waals surface area contributed by atoms with Gasteiger partial charge in [0.1, 0.15) is 0 Å². The predicted molar refractivity (Wildman–Crippen MR) is 58.0 cm³/mol. The van der Waals surface area contributed by atoms with E-state index in [-0.39, 0.29) is 6.61 Å². The summed E-state index contributed by atoms with van der Waals surface area (Å²) in [5.41, 5.74) is 0. The van der Waals surface area contributed by atoms with Crippen molar-refractivity contribution in [3.8, 4) is 0 Å². The quantitative estimate of drug-likeness (QED) is 0.632. The molecule has 0 saturated carbocycles. The van der Waals surface area contributed by atoms with Gasteiger partial charge in [-0.1, -0.05) is 44.1 Å². The first-order chi connectivity index (χ1) is 5.66. The van der Waals surface area contributed by atoms with Crippen LogP contribution in [0, 0.1) is 0 Å². The molecule has 0 heterocycles. The topological polar surface area (TPSA) is 20.2 Å². The Morgan fingerprint density at radius 1 is 1.17 bits per heavy atom. The van der Waals surface area contributed by atoms with Crippen LogP contribution in [0.4, 0.5) is 0 Å². The van der Waals surface area contributed by atoms with Crippen molar-refractivity contribution in [1.82, 2.24) is 0 Å². The summed E-state index contributed by atoms with van der Waals surface area (Å²) in [6.45, 7) is 11.2. The Labute approximate surface area is 77.5 Å². The lowest BCUT2D eigenvalue weighted by molar-refractivity contribution is 0.301. The van der Waals surface area contributed by atoms with Gasteiger partial charge in [0.05, 0.1) is 8.07 Å². The van der Waals surface area contributed by atoms with Crippen molar-refractivity contribution in [3.63, 3.8) is 0 Å². The van der Waals surface area contributed by atoms with Gasteiger partial charge in [-0.05, 0) is 6.42 Å². The van der Waals surface area contributed by atoms with Gasteiger partial charge in [-0.3, -0.25) is 0 Å². The van der Waals surface area contributed by atoms with Gasteiger partial charge in [-0.25, -0.2) is 0 Å². The van der Waals surface area contributed by atoms with Gasteiger partial charge < -0.3 is 5.11 Å². The lowest BCUT2D eigenvalue weighted by atomic mass is 10.4. The zero-order chi connectivity index (χ0) is 9.61. The molecule has 0 amide bonds. The molecule has 12 heavy (non-hydrogen) atoms. The predicted octanol–water partition coefficient (Wildman–Crippen LogP) is 2.97. The normalized spacial score (nSPS) is 11.7. The van der Waals surface area contributed by atoms with Crippen LogP contribution in [0.2, 0.25) is 18.1 Å². The Balaban J connectivity index is 4.36. The molecule has 0 unspecified atom stereocenters. The highest BCUT2D eigenvalue weighted by molar-refractivity contribution is 6.86. The number of aliphatic hydroxyl groups is 1.